The maximum absolute atomic E-state index is 5.01. The molecule has 0 aliphatic heterocycles. The number of thiazole rings is 1. The molecule has 1 heterocycles. The van der Waals surface area contributed by atoms with E-state index in [1.165, 1.54) is 62.1 Å². The minimum atomic E-state index is 0.198. The summed E-state index contributed by atoms with van der Waals surface area (Å²) in [6.45, 7) is 6.82. The number of nitrogens with one attached hydrogen (secondary N) is 1. The molecule has 2 aliphatic rings. The number of aromatic nitrogens is 1. The van der Waals surface area contributed by atoms with Gasteiger partial charge in [0.15, 0.2) is 0 Å². The molecule has 2 saturated carbocycles. The van der Waals surface area contributed by atoms with Crippen LogP contribution in [-0.4, -0.2) is 11.0 Å². The molecule has 3 heteroatoms. The summed E-state index contributed by atoms with van der Waals surface area (Å²) in [6, 6.07) is 0.763. The normalized spacial score (nSPS) is 30.0. The maximum atomic E-state index is 5.01. The van der Waals surface area contributed by atoms with Gasteiger partial charge in [0.2, 0.25) is 0 Å². The third-order valence-electron chi connectivity index (χ3n) is 5.24. The van der Waals surface area contributed by atoms with Crippen molar-refractivity contribution < 1.29 is 0 Å². The maximum Gasteiger partial charge on any atom is 0.113 e. The van der Waals surface area contributed by atoms with Crippen molar-refractivity contribution in [3.8, 4) is 0 Å². The zero-order chi connectivity index (χ0) is 14.9. The molecule has 21 heavy (non-hydrogen) atoms. The lowest BCUT2D eigenvalue weighted by Crippen LogP contribution is -2.46. The third kappa shape index (κ3) is 3.50. The van der Waals surface area contributed by atoms with Gasteiger partial charge in [-0.1, -0.05) is 33.6 Å². The zero-order valence-corrected chi connectivity index (χ0v) is 14.6. The molecular weight excluding hydrogens is 276 g/mol. The first-order chi connectivity index (χ1) is 10.1. The van der Waals surface area contributed by atoms with E-state index in [0.29, 0.717) is 5.92 Å². The van der Waals surface area contributed by atoms with E-state index in [1.807, 2.05) is 11.3 Å². The van der Waals surface area contributed by atoms with E-state index >= 15 is 0 Å². The fourth-order valence-corrected chi connectivity index (χ4v) is 4.88. The van der Waals surface area contributed by atoms with Gasteiger partial charge in [-0.25, -0.2) is 4.98 Å². The Hall–Kier alpha value is -0.410. The minimum Gasteiger partial charge on any atom is -0.303 e. The van der Waals surface area contributed by atoms with Crippen molar-refractivity contribution in [3.05, 3.63) is 16.1 Å². The molecule has 0 radical (unpaired) electrons. The lowest BCUT2D eigenvalue weighted by molar-refractivity contribution is 0.179. The summed E-state index contributed by atoms with van der Waals surface area (Å²) in [7, 11) is 0. The first-order valence-corrected chi connectivity index (χ1v) is 9.74. The van der Waals surface area contributed by atoms with Gasteiger partial charge in [-0.05, 0) is 50.4 Å². The second-order valence-electron chi connectivity index (χ2n) is 7.46. The van der Waals surface area contributed by atoms with E-state index in [2.05, 4.69) is 31.5 Å². The Morgan fingerprint density at radius 2 is 2.00 bits per heavy atom. The zero-order valence-electron chi connectivity index (χ0n) is 13.8. The molecule has 2 nitrogen and oxygen atoms in total. The molecule has 0 aromatic carbocycles. The Morgan fingerprint density at radius 1 is 1.29 bits per heavy atom. The van der Waals surface area contributed by atoms with Crippen LogP contribution in [0.3, 0.4) is 0 Å². The van der Waals surface area contributed by atoms with Crippen molar-refractivity contribution in [3.63, 3.8) is 0 Å². The summed E-state index contributed by atoms with van der Waals surface area (Å²) < 4.78 is 0. The van der Waals surface area contributed by atoms with Crippen LogP contribution < -0.4 is 5.32 Å². The largest absolute Gasteiger partial charge is 0.303 e. The van der Waals surface area contributed by atoms with E-state index < -0.39 is 0 Å². The third-order valence-corrected chi connectivity index (χ3v) is 6.30. The van der Waals surface area contributed by atoms with Crippen LogP contribution >= 0.6 is 11.3 Å². The topological polar surface area (TPSA) is 24.9 Å². The second kappa shape index (κ2) is 6.37. The lowest BCUT2D eigenvalue weighted by Gasteiger charge is -2.40. The second-order valence-corrected chi connectivity index (χ2v) is 8.32. The highest BCUT2D eigenvalue weighted by atomic mass is 32.1. The molecular formula is C18H30N2S. The predicted molar refractivity (Wildman–Crippen MR) is 90.9 cm³/mol. The molecule has 2 fully saturated rings. The van der Waals surface area contributed by atoms with E-state index in [4.69, 9.17) is 4.98 Å². The van der Waals surface area contributed by atoms with Crippen molar-refractivity contribution in [2.24, 2.45) is 5.92 Å². The highest BCUT2D eigenvalue weighted by Crippen LogP contribution is 2.44. The van der Waals surface area contributed by atoms with Gasteiger partial charge in [-0.15, -0.1) is 11.3 Å². The van der Waals surface area contributed by atoms with Crippen molar-refractivity contribution in [1.29, 1.82) is 0 Å². The fourth-order valence-electron chi connectivity index (χ4n) is 3.68. The summed E-state index contributed by atoms with van der Waals surface area (Å²) in [5, 5.41) is 7.64. The predicted octanol–water partition coefficient (Wildman–Crippen LogP) is 5.20. The van der Waals surface area contributed by atoms with E-state index in [1.54, 1.807) is 0 Å². The summed E-state index contributed by atoms with van der Waals surface area (Å²) in [6.07, 6.45) is 10.8. The molecule has 0 amide bonds. The first kappa shape index (κ1) is 15.5. The van der Waals surface area contributed by atoms with Gasteiger partial charge in [0.1, 0.15) is 5.01 Å². The molecule has 0 unspecified atom stereocenters. The van der Waals surface area contributed by atoms with Crippen molar-refractivity contribution in [1.82, 2.24) is 10.3 Å². The average molecular weight is 307 g/mol. The number of nitrogens with zero attached hydrogens (tertiary/aromatic N) is 1. The standard InChI is InChI=1S/C18H30N2S/c1-4-5-14-8-10-18(11-9-14,20-15-6-7-15)17-19-16(12-21-17)13(2)3/h12-15,20H,4-11H2,1-3H3. The summed E-state index contributed by atoms with van der Waals surface area (Å²) in [4.78, 5) is 5.01. The van der Waals surface area contributed by atoms with Crippen LogP contribution in [0, 0.1) is 5.92 Å². The quantitative estimate of drug-likeness (QED) is 0.781. The number of rotatable bonds is 6. The summed E-state index contributed by atoms with van der Waals surface area (Å²) >= 11 is 1.89. The molecule has 0 saturated heterocycles. The Kier molecular flexibility index (Phi) is 4.70. The Balaban J connectivity index is 1.76. The molecule has 0 bridgehead atoms. The molecule has 0 atom stereocenters. The van der Waals surface area contributed by atoms with Gasteiger partial charge in [-0.2, -0.15) is 0 Å². The molecule has 3 rings (SSSR count). The summed E-state index contributed by atoms with van der Waals surface area (Å²) in [5.41, 5.74) is 1.48. The first-order valence-electron chi connectivity index (χ1n) is 8.86. The number of hydrogen-bond donors (Lipinski definition) is 1. The van der Waals surface area contributed by atoms with Crippen LogP contribution in [0.4, 0.5) is 0 Å². The molecule has 1 aromatic heterocycles. The molecule has 1 N–H and O–H groups in total. The monoisotopic (exact) mass is 306 g/mol. The smallest absolute Gasteiger partial charge is 0.113 e. The SMILES string of the molecule is CCCC1CCC(NC2CC2)(c2nc(C(C)C)cs2)CC1. The van der Waals surface area contributed by atoms with Crippen LogP contribution in [0.2, 0.25) is 0 Å². The van der Waals surface area contributed by atoms with Gasteiger partial charge in [0.25, 0.3) is 0 Å². The van der Waals surface area contributed by atoms with Crippen LogP contribution in [0.5, 0.6) is 0 Å². The molecule has 118 valence electrons. The van der Waals surface area contributed by atoms with Gasteiger partial charge in [0, 0.05) is 11.4 Å². The summed E-state index contributed by atoms with van der Waals surface area (Å²) in [5.74, 6) is 1.50. The lowest BCUT2D eigenvalue weighted by atomic mass is 9.75. The average Bonchev–Trinajstić information content (AvgIpc) is 3.13. The van der Waals surface area contributed by atoms with Gasteiger partial charge >= 0.3 is 0 Å². The highest BCUT2D eigenvalue weighted by Gasteiger charge is 2.42. The van der Waals surface area contributed by atoms with Gasteiger partial charge in [0.05, 0.1) is 11.2 Å². The molecule has 1 aromatic rings. The number of hydrogen-bond acceptors (Lipinski definition) is 3. The molecule has 2 aliphatic carbocycles. The van der Waals surface area contributed by atoms with Crippen LogP contribution in [0.25, 0.3) is 0 Å². The minimum absolute atomic E-state index is 0.198. The van der Waals surface area contributed by atoms with Crippen molar-refractivity contribution in [2.45, 2.75) is 89.6 Å². The Morgan fingerprint density at radius 3 is 2.52 bits per heavy atom. The van der Waals surface area contributed by atoms with Crippen molar-refractivity contribution >= 4 is 11.3 Å². The Labute approximate surface area is 133 Å². The van der Waals surface area contributed by atoms with Crippen LogP contribution in [0.1, 0.15) is 88.8 Å². The van der Waals surface area contributed by atoms with Crippen molar-refractivity contribution in [2.75, 3.05) is 0 Å². The van der Waals surface area contributed by atoms with Gasteiger partial charge < -0.3 is 5.32 Å². The van der Waals surface area contributed by atoms with Crippen LogP contribution in [-0.2, 0) is 5.54 Å². The molecule has 0 spiro atoms. The highest BCUT2D eigenvalue weighted by molar-refractivity contribution is 7.09. The van der Waals surface area contributed by atoms with Crippen LogP contribution in [0.15, 0.2) is 5.38 Å². The van der Waals surface area contributed by atoms with E-state index in [0.717, 1.165) is 12.0 Å². The van der Waals surface area contributed by atoms with Gasteiger partial charge in [-0.3, -0.25) is 0 Å². The van der Waals surface area contributed by atoms with E-state index in [-0.39, 0.29) is 5.54 Å². The van der Waals surface area contributed by atoms with E-state index in [9.17, 15) is 0 Å². The Bertz CT molecular complexity index is 454. The fraction of sp³-hybridized carbons (Fsp3) is 0.833.